The van der Waals surface area contributed by atoms with Crippen LogP contribution in [0.1, 0.15) is 51.7 Å². The first-order chi connectivity index (χ1) is 11.3. The van der Waals surface area contributed by atoms with Gasteiger partial charge in [-0.15, -0.1) is 0 Å². The van der Waals surface area contributed by atoms with E-state index in [1.54, 1.807) is 6.92 Å². The van der Waals surface area contributed by atoms with Crippen LogP contribution in [0, 0.1) is 22.7 Å². The molecular weight excluding hydrogens is 366 g/mol. The lowest BCUT2D eigenvalue weighted by Crippen LogP contribution is -2.58. The summed E-state index contributed by atoms with van der Waals surface area (Å²) >= 11 is 3.52. The first-order valence-corrected chi connectivity index (χ1v) is 9.78. The second-order valence-corrected chi connectivity index (χ2v) is 9.44. The van der Waals surface area contributed by atoms with E-state index < -0.39 is 0 Å². The van der Waals surface area contributed by atoms with Crippen molar-refractivity contribution in [2.24, 2.45) is 22.7 Å². The van der Waals surface area contributed by atoms with Gasteiger partial charge in [-0.2, -0.15) is 0 Å². The molecule has 1 aromatic carbocycles. The van der Waals surface area contributed by atoms with E-state index in [9.17, 15) is 4.79 Å². The lowest BCUT2D eigenvalue weighted by atomic mass is 9.59. The third-order valence-electron chi connectivity index (χ3n) is 7.05. The number of ether oxygens (including phenoxy) is 1. The first-order valence-electron chi connectivity index (χ1n) is 8.99. The Kier molecular flexibility index (Phi) is 3.85. The molecule has 2 bridgehead atoms. The average Bonchev–Trinajstić information content (AvgIpc) is 3.01. The number of hydrogen-bond acceptors (Lipinski definition) is 2. The van der Waals surface area contributed by atoms with Crippen LogP contribution in [-0.4, -0.2) is 18.6 Å². The van der Waals surface area contributed by atoms with E-state index >= 15 is 0 Å². The predicted molar refractivity (Wildman–Crippen MR) is 97.5 cm³/mol. The van der Waals surface area contributed by atoms with Gasteiger partial charge in [-0.3, -0.25) is 4.79 Å². The zero-order chi connectivity index (χ0) is 17.1. The SMILES string of the molecule is CC(=O)N[C@@H]1C(C)(C)C2CC3C(c4ccc(Br)cc4)OCCC31C2. The molecule has 1 amide bonds. The molecule has 130 valence electrons. The van der Waals surface area contributed by atoms with Crippen LogP contribution in [-0.2, 0) is 9.53 Å². The molecular formula is C20H26BrNO2. The molecule has 0 radical (unpaired) electrons. The molecule has 1 saturated heterocycles. The third-order valence-corrected chi connectivity index (χ3v) is 7.58. The van der Waals surface area contributed by atoms with Gasteiger partial charge in [-0.05, 0) is 59.6 Å². The number of nitrogens with one attached hydrogen (secondary N) is 1. The topological polar surface area (TPSA) is 38.3 Å². The fourth-order valence-corrected chi connectivity index (χ4v) is 6.24. The molecule has 4 rings (SSSR count). The minimum absolute atomic E-state index is 0.0976. The average molecular weight is 392 g/mol. The molecule has 1 heterocycles. The van der Waals surface area contributed by atoms with Crippen LogP contribution in [0.5, 0.6) is 0 Å². The number of benzene rings is 1. The molecule has 5 atom stereocenters. The summed E-state index contributed by atoms with van der Waals surface area (Å²) in [6.07, 6.45) is 3.66. The lowest BCUT2D eigenvalue weighted by Gasteiger charge is -2.53. The molecule has 4 heteroatoms. The Bertz CT molecular complexity index is 656. The van der Waals surface area contributed by atoms with Crippen LogP contribution >= 0.6 is 15.9 Å². The van der Waals surface area contributed by atoms with Gasteiger partial charge in [0.15, 0.2) is 0 Å². The molecule has 2 saturated carbocycles. The molecule has 3 nitrogen and oxygen atoms in total. The zero-order valence-corrected chi connectivity index (χ0v) is 16.2. The monoisotopic (exact) mass is 391 g/mol. The van der Waals surface area contributed by atoms with E-state index in [2.05, 4.69) is 59.4 Å². The maximum absolute atomic E-state index is 11.9. The quantitative estimate of drug-likeness (QED) is 0.807. The molecule has 3 fully saturated rings. The molecule has 2 aliphatic carbocycles. The molecule has 1 aliphatic heterocycles. The normalized spacial score (nSPS) is 39.5. The highest BCUT2D eigenvalue weighted by molar-refractivity contribution is 9.10. The second-order valence-electron chi connectivity index (χ2n) is 8.52. The van der Waals surface area contributed by atoms with Crippen molar-refractivity contribution in [2.75, 3.05) is 6.61 Å². The van der Waals surface area contributed by atoms with Crippen molar-refractivity contribution in [1.82, 2.24) is 5.32 Å². The first kappa shape index (κ1) is 16.6. The number of hydrogen-bond donors (Lipinski definition) is 1. The van der Waals surface area contributed by atoms with E-state index in [0.717, 1.165) is 17.5 Å². The molecule has 0 aromatic heterocycles. The van der Waals surface area contributed by atoms with Gasteiger partial charge in [0.05, 0.1) is 6.10 Å². The Balaban J connectivity index is 1.71. The molecule has 24 heavy (non-hydrogen) atoms. The number of carbonyl (C=O) groups excluding carboxylic acids is 1. The Hall–Kier alpha value is -0.870. The van der Waals surface area contributed by atoms with Crippen LogP contribution in [0.3, 0.4) is 0 Å². The van der Waals surface area contributed by atoms with Crippen LogP contribution in [0.15, 0.2) is 28.7 Å². The summed E-state index contributed by atoms with van der Waals surface area (Å²) in [6, 6.07) is 8.81. The maximum atomic E-state index is 11.9. The second kappa shape index (κ2) is 5.57. The van der Waals surface area contributed by atoms with Gasteiger partial charge in [0, 0.05) is 24.0 Å². The summed E-state index contributed by atoms with van der Waals surface area (Å²) in [5.41, 5.74) is 1.63. The van der Waals surface area contributed by atoms with Crippen LogP contribution in [0.25, 0.3) is 0 Å². The van der Waals surface area contributed by atoms with Crippen molar-refractivity contribution < 1.29 is 9.53 Å². The van der Waals surface area contributed by atoms with Gasteiger partial charge >= 0.3 is 0 Å². The highest BCUT2D eigenvalue weighted by Gasteiger charge is 2.68. The minimum atomic E-state index is 0.0976. The van der Waals surface area contributed by atoms with E-state index in [0.29, 0.717) is 11.8 Å². The third kappa shape index (κ3) is 2.29. The number of halogens is 1. The van der Waals surface area contributed by atoms with Gasteiger partial charge in [0.1, 0.15) is 0 Å². The summed E-state index contributed by atoms with van der Waals surface area (Å²) < 4.78 is 7.36. The van der Waals surface area contributed by atoms with Gasteiger partial charge in [0.2, 0.25) is 5.91 Å². The van der Waals surface area contributed by atoms with Crippen molar-refractivity contribution in [1.29, 1.82) is 0 Å². The number of fused-ring (bicyclic) bond motifs is 1. The molecule has 1 spiro atoms. The molecule has 1 N–H and O–H groups in total. The van der Waals surface area contributed by atoms with Crippen molar-refractivity contribution in [3.8, 4) is 0 Å². The Morgan fingerprint density at radius 2 is 2.00 bits per heavy atom. The van der Waals surface area contributed by atoms with E-state index in [-0.39, 0.29) is 28.9 Å². The number of rotatable bonds is 2. The van der Waals surface area contributed by atoms with Gasteiger partial charge in [-0.25, -0.2) is 0 Å². The summed E-state index contributed by atoms with van der Waals surface area (Å²) in [7, 11) is 0. The minimum Gasteiger partial charge on any atom is -0.373 e. The van der Waals surface area contributed by atoms with Crippen LogP contribution < -0.4 is 5.32 Å². The van der Waals surface area contributed by atoms with Crippen molar-refractivity contribution >= 4 is 21.8 Å². The van der Waals surface area contributed by atoms with Crippen molar-refractivity contribution in [2.45, 2.75) is 52.2 Å². The van der Waals surface area contributed by atoms with E-state index in [1.807, 2.05) is 0 Å². The van der Waals surface area contributed by atoms with Gasteiger partial charge in [-0.1, -0.05) is 41.9 Å². The smallest absolute Gasteiger partial charge is 0.217 e. The summed E-state index contributed by atoms with van der Waals surface area (Å²) in [6.45, 7) is 7.12. The highest BCUT2D eigenvalue weighted by atomic mass is 79.9. The zero-order valence-electron chi connectivity index (χ0n) is 14.6. The summed E-state index contributed by atoms with van der Waals surface area (Å²) in [4.78, 5) is 11.9. The molecule has 4 unspecified atom stereocenters. The Morgan fingerprint density at radius 3 is 2.67 bits per heavy atom. The van der Waals surface area contributed by atoms with E-state index in [4.69, 9.17) is 4.74 Å². The summed E-state index contributed by atoms with van der Waals surface area (Å²) in [5.74, 6) is 1.27. The van der Waals surface area contributed by atoms with Crippen molar-refractivity contribution in [3.63, 3.8) is 0 Å². The Morgan fingerprint density at radius 1 is 1.29 bits per heavy atom. The lowest BCUT2D eigenvalue weighted by molar-refractivity contribution is -0.135. The van der Waals surface area contributed by atoms with Gasteiger partial charge < -0.3 is 10.1 Å². The van der Waals surface area contributed by atoms with E-state index in [1.165, 1.54) is 18.4 Å². The van der Waals surface area contributed by atoms with Crippen molar-refractivity contribution in [3.05, 3.63) is 34.3 Å². The predicted octanol–water partition coefficient (Wildman–Crippen LogP) is 4.47. The summed E-state index contributed by atoms with van der Waals surface area (Å²) in [5, 5.41) is 3.33. The highest BCUT2D eigenvalue weighted by Crippen LogP contribution is 2.70. The fraction of sp³-hybridized carbons (Fsp3) is 0.650. The number of carbonyl (C=O) groups is 1. The molecule has 3 aliphatic rings. The number of amides is 1. The fourth-order valence-electron chi connectivity index (χ4n) is 5.97. The van der Waals surface area contributed by atoms with Crippen LogP contribution in [0.4, 0.5) is 0 Å². The largest absolute Gasteiger partial charge is 0.373 e. The maximum Gasteiger partial charge on any atom is 0.217 e. The molecule has 1 aromatic rings. The van der Waals surface area contributed by atoms with Gasteiger partial charge in [0.25, 0.3) is 0 Å². The van der Waals surface area contributed by atoms with Crippen LogP contribution in [0.2, 0.25) is 0 Å². The Labute approximate surface area is 152 Å². The standard InChI is InChI=1S/C20H26BrNO2/c1-12(23)22-18-19(2,3)14-10-16-17(13-4-6-15(21)7-5-13)24-9-8-20(16,18)11-14/h4-7,14,16-18H,8-11H2,1-3H3,(H,22,23)/t14?,16?,17?,18-,20?/m1/s1.